The molecular formula is C20H23Cl2N3O. The van der Waals surface area contributed by atoms with E-state index >= 15 is 0 Å². The fourth-order valence-electron chi connectivity index (χ4n) is 3.09. The summed E-state index contributed by atoms with van der Waals surface area (Å²) in [5, 5.41) is 4.26. The molecule has 1 heterocycles. The number of rotatable bonds is 5. The van der Waals surface area contributed by atoms with E-state index in [0.717, 1.165) is 43.1 Å². The number of nitrogens with zero attached hydrogens (tertiary/aromatic N) is 2. The highest BCUT2D eigenvalue weighted by atomic mass is 35.5. The molecule has 4 nitrogen and oxygen atoms in total. The largest absolute Gasteiger partial charge is 0.367 e. The van der Waals surface area contributed by atoms with Crippen LogP contribution in [0, 0.1) is 0 Å². The van der Waals surface area contributed by atoms with E-state index in [-0.39, 0.29) is 5.91 Å². The van der Waals surface area contributed by atoms with Crippen LogP contribution in [0.2, 0.25) is 10.0 Å². The van der Waals surface area contributed by atoms with Crippen molar-refractivity contribution in [3.8, 4) is 0 Å². The summed E-state index contributed by atoms with van der Waals surface area (Å²) in [6.45, 7) is 3.97. The molecule has 0 radical (unpaired) electrons. The second-order valence-corrected chi connectivity index (χ2v) is 7.44. The van der Waals surface area contributed by atoms with Gasteiger partial charge < -0.3 is 15.1 Å². The quantitative estimate of drug-likeness (QED) is 0.824. The van der Waals surface area contributed by atoms with Crippen molar-refractivity contribution in [3.05, 3.63) is 58.1 Å². The lowest BCUT2D eigenvalue weighted by Crippen LogP contribution is -2.44. The maximum atomic E-state index is 12.4. The van der Waals surface area contributed by atoms with E-state index in [0.29, 0.717) is 22.9 Å². The second kappa shape index (κ2) is 8.76. The van der Waals surface area contributed by atoms with Gasteiger partial charge >= 0.3 is 0 Å². The number of benzene rings is 2. The smallest absolute Gasteiger partial charge is 0.224 e. The van der Waals surface area contributed by atoms with E-state index in [1.54, 1.807) is 12.1 Å². The highest BCUT2D eigenvalue weighted by Gasteiger charge is 2.17. The Labute approximate surface area is 164 Å². The van der Waals surface area contributed by atoms with Crippen molar-refractivity contribution >= 4 is 40.5 Å². The number of likely N-dealkylation sites (N-methyl/N-ethyl adjacent to an activating group) is 1. The number of hydrogen-bond donors (Lipinski definition) is 1. The highest BCUT2D eigenvalue weighted by molar-refractivity contribution is 6.35. The molecule has 0 atom stereocenters. The molecule has 0 bridgehead atoms. The zero-order valence-electron chi connectivity index (χ0n) is 14.8. The number of carbonyl (C=O) groups is 1. The van der Waals surface area contributed by atoms with E-state index in [1.165, 1.54) is 0 Å². The number of nitrogens with one attached hydrogen (secondary N) is 1. The normalized spacial score (nSPS) is 15.1. The van der Waals surface area contributed by atoms with Crippen molar-refractivity contribution in [2.75, 3.05) is 43.4 Å². The van der Waals surface area contributed by atoms with Gasteiger partial charge in [-0.2, -0.15) is 0 Å². The minimum absolute atomic E-state index is 0.0161. The van der Waals surface area contributed by atoms with Gasteiger partial charge in [-0.3, -0.25) is 4.79 Å². The molecule has 0 saturated carbocycles. The fourth-order valence-corrected chi connectivity index (χ4v) is 3.59. The van der Waals surface area contributed by atoms with Gasteiger partial charge in [-0.25, -0.2) is 0 Å². The van der Waals surface area contributed by atoms with Crippen molar-refractivity contribution in [3.63, 3.8) is 0 Å². The SMILES string of the molecule is CN1CCN(c2ccccc2NC(=O)CCc2ccc(Cl)cc2Cl)CC1. The van der Waals surface area contributed by atoms with E-state index in [1.807, 2.05) is 24.3 Å². The first-order chi connectivity index (χ1) is 12.5. The molecule has 0 aliphatic carbocycles. The Bertz CT molecular complexity index is 773. The average molecular weight is 392 g/mol. The van der Waals surface area contributed by atoms with Gasteiger partial charge in [-0.05, 0) is 43.3 Å². The van der Waals surface area contributed by atoms with Gasteiger partial charge in [0.2, 0.25) is 5.91 Å². The number of hydrogen-bond acceptors (Lipinski definition) is 3. The van der Waals surface area contributed by atoms with E-state index < -0.39 is 0 Å². The molecule has 0 spiro atoms. The Morgan fingerprint density at radius 1 is 1.08 bits per heavy atom. The number of anilines is 2. The summed E-state index contributed by atoms with van der Waals surface area (Å²) in [6, 6.07) is 13.4. The number of halogens is 2. The van der Waals surface area contributed by atoms with Gasteiger partial charge in [0.05, 0.1) is 11.4 Å². The van der Waals surface area contributed by atoms with Crippen molar-refractivity contribution in [1.29, 1.82) is 0 Å². The summed E-state index contributed by atoms with van der Waals surface area (Å²) in [6.07, 6.45) is 0.955. The lowest BCUT2D eigenvalue weighted by Gasteiger charge is -2.35. The first kappa shape index (κ1) is 19.0. The van der Waals surface area contributed by atoms with Crippen LogP contribution >= 0.6 is 23.2 Å². The van der Waals surface area contributed by atoms with Gasteiger partial charge in [0.25, 0.3) is 0 Å². The minimum atomic E-state index is -0.0161. The number of piperazine rings is 1. The summed E-state index contributed by atoms with van der Waals surface area (Å²) < 4.78 is 0. The summed E-state index contributed by atoms with van der Waals surface area (Å²) in [5.41, 5.74) is 2.88. The molecule has 6 heteroatoms. The van der Waals surface area contributed by atoms with Crippen LogP contribution < -0.4 is 10.2 Å². The number of aryl methyl sites for hydroxylation is 1. The molecule has 1 aliphatic heterocycles. The first-order valence-electron chi connectivity index (χ1n) is 8.79. The summed E-state index contributed by atoms with van der Waals surface area (Å²) in [7, 11) is 2.13. The Hall–Kier alpha value is -1.75. The van der Waals surface area contributed by atoms with Gasteiger partial charge in [0.15, 0.2) is 0 Å². The third-order valence-electron chi connectivity index (χ3n) is 4.66. The van der Waals surface area contributed by atoms with Crippen LogP contribution in [0.25, 0.3) is 0 Å². The molecule has 1 aliphatic rings. The molecule has 0 aromatic heterocycles. The van der Waals surface area contributed by atoms with Crippen molar-refractivity contribution in [2.45, 2.75) is 12.8 Å². The molecule has 2 aromatic carbocycles. The number of amides is 1. The molecule has 0 unspecified atom stereocenters. The topological polar surface area (TPSA) is 35.6 Å². The van der Waals surface area contributed by atoms with Crippen LogP contribution in [0.4, 0.5) is 11.4 Å². The molecule has 1 saturated heterocycles. The van der Waals surface area contributed by atoms with Crippen LogP contribution in [0.1, 0.15) is 12.0 Å². The molecule has 26 heavy (non-hydrogen) atoms. The molecular weight excluding hydrogens is 369 g/mol. The monoisotopic (exact) mass is 391 g/mol. The lowest BCUT2D eigenvalue weighted by atomic mass is 10.1. The standard InChI is InChI=1S/C20H23Cl2N3O/c1-24-10-12-25(13-11-24)19-5-3-2-4-18(19)23-20(26)9-7-15-6-8-16(21)14-17(15)22/h2-6,8,14H,7,9-13H2,1H3,(H,23,26). The molecule has 1 fully saturated rings. The van der Waals surface area contributed by atoms with Gasteiger partial charge in [0.1, 0.15) is 0 Å². The van der Waals surface area contributed by atoms with Crippen molar-refractivity contribution < 1.29 is 4.79 Å². The van der Waals surface area contributed by atoms with Crippen LogP contribution in [-0.2, 0) is 11.2 Å². The van der Waals surface area contributed by atoms with Crippen LogP contribution in [0.5, 0.6) is 0 Å². The Morgan fingerprint density at radius 2 is 1.81 bits per heavy atom. The van der Waals surface area contributed by atoms with Crippen LogP contribution in [0.15, 0.2) is 42.5 Å². The van der Waals surface area contributed by atoms with Gasteiger partial charge in [-0.1, -0.05) is 41.4 Å². The maximum Gasteiger partial charge on any atom is 0.224 e. The van der Waals surface area contributed by atoms with Crippen molar-refractivity contribution in [1.82, 2.24) is 4.90 Å². The average Bonchev–Trinajstić information content (AvgIpc) is 2.62. The lowest BCUT2D eigenvalue weighted by molar-refractivity contribution is -0.116. The zero-order valence-corrected chi connectivity index (χ0v) is 16.4. The Morgan fingerprint density at radius 3 is 2.54 bits per heavy atom. The number of carbonyl (C=O) groups excluding carboxylic acids is 1. The summed E-state index contributed by atoms with van der Waals surface area (Å²) in [4.78, 5) is 17.1. The highest BCUT2D eigenvalue weighted by Crippen LogP contribution is 2.27. The Kier molecular flexibility index (Phi) is 6.41. The minimum Gasteiger partial charge on any atom is -0.367 e. The first-order valence-corrected chi connectivity index (χ1v) is 9.55. The van der Waals surface area contributed by atoms with Gasteiger partial charge in [0, 0.05) is 42.6 Å². The molecule has 1 N–H and O–H groups in total. The third-order valence-corrected chi connectivity index (χ3v) is 5.25. The van der Waals surface area contributed by atoms with E-state index in [4.69, 9.17) is 23.2 Å². The maximum absolute atomic E-state index is 12.4. The second-order valence-electron chi connectivity index (χ2n) is 6.59. The van der Waals surface area contributed by atoms with Crippen LogP contribution in [-0.4, -0.2) is 44.0 Å². The van der Waals surface area contributed by atoms with Crippen molar-refractivity contribution in [2.24, 2.45) is 0 Å². The van der Waals surface area contributed by atoms with E-state index in [2.05, 4.69) is 28.2 Å². The zero-order chi connectivity index (χ0) is 18.5. The Balaban J connectivity index is 1.62. The fraction of sp³-hybridized carbons (Fsp3) is 0.350. The molecule has 3 rings (SSSR count). The molecule has 2 aromatic rings. The van der Waals surface area contributed by atoms with Gasteiger partial charge in [-0.15, -0.1) is 0 Å². The summed E-state index contributed by atoms with van der Waals surface area (Å²) in [5.74, 6) is -0.0161. The third kappa shape index (κ3) is 4.91. The summed E-state index contributed by atoms with van der Waals surface area (Å²) >= 11 is 12.1. The molecule has 1 amide bonds. The predicted octanol–water partition coefficient (Wildman–Crippen LogP) is 4.32. The number of para-hydroxylation sites is 2. The predicted molar refractivity (Wildman–Crippen MR) is 110 cm³/mol. The van der Waals surface area contributed by atoms with E-state index in [9.17, 15) is 4.79 Å². The van der Waals surface area contributed by atoms with Crippen LogP contribution in [0.3, 0.4) is 0 Å². The molecule has 138 valence electrons.